The van der Waals surface area contributed by atoms with Crippen molar-refractivity contribution in [3.8, 4) is 11.4 Å². The van der Waals surface area contributed by atoms with Crippen molar-refractivity contribution in [3.05, 3.63) is 51.7 Å². The molecule has 1 aromatic carbocycles. The van der Waals surface area contributed by atoms with Crippen LogP contribution in [0.25, 0.3) is 11.4 Å². The Balaban J connectivity index is 1.93. The average molecular weight is 422 g/mol. The fourth-order valence-electron chi connectivity index (χ4n) is 1.83. The molecule has 3 aromatic rings. The summed E-state index contributed by atoms with van der Waals surface area (Å²) in [6.45, 7) is 0. The molecule has 0 radical (unpaired) electrons. The maximum atomic E-state index is 12.5. The monoisotopic (exact) mass is 420 g/mol. The number of rotatable bonds is 4. The molecule has 11 heteroatoms. The van der Waals surface area contributed by atoms with Crippen LogP contribution in [0.15, 0.2) is 41.6 Å². The zero-order chi connectivity index (χ0) is 17.3. The van der Waals surface area contributed by atoms with E-state index in [1.165, 1.54) is 12.1 Å². The Labute approximate surface area is 156 Å². The number of benzene rings is 1. The minimum atomic E-state index is -4.04. The molecule has 0 saturated carbocycles. The summed E-state index contributed by atoms with van der Waals surface area (Å²) in [6, 6.07) is 6.09. The SMILES string of the molecule is O=S(=O)(Nc1nc(-c2cccnc2)ns1)c1c(Cl)cc(Cl)cc1Cl. The number of nitrogens with one attached hydrogen (secondary N) is 1. The second-order valence-corrected chi connectivity index (χ2v) is 8.09. The molecule has 24 heavy (non-hydrogen) atoms. The van der Waals surface area contributed by atoms with Crippen LogP contribution in [0.4, 0.5) is 5.13 Å². The quantitative estimate of drug-likeness (QED) is 0.676. The van der Waals surface area contributed by atoms with E-state index >= 15 is 0 Å². The Bertz CT molecular complexity index is 970. The van der Waals surface area contributed by atoms with Gasteiger partial charge in [-0.25, -0.2) is 8.42 Å². The van der Waals surface area contributed by atoms with E-state index in [9.17, 15) is 8.42 Å². The van der Waals surface area contributed by atoms with Gasteiger partial charge in [-0.2, -0.15) is 9.36 Å². The zero-order valence-electron chi connectivity index (χ0n) is 11.6. The summed E-state index contributed by atoms with van der Waals surface area (Å²) in [5, 5.41) is 0.142. The molecule has 0 bridgehead atoms. The van der Waals surface area contributed by atoms with Crippen LogP contribution in [0.3, 0.4) is 0 Å². The van der Waals surface area contributed by atoms with Crippen LogP contribution in [0.5, 0.6) is 0 Å². The van der Waals surface area contributed by atoms with Gasteiger partial charge in [0.25, 0.3) is 10.0 Å². The first-order valence-electron chi connectivity index (χ1n) is 6.28. The molecule has 0 aliphatic carbocycles. The van der Waals surface area contributed by atoms with Gasteiger partial charge in [-0.3, -0.25) is 9.71 Å². The van der Waals surface area contributed by atoms with E-state index in [0.717, 1.165) is 11.5 Å². The summed E-state index contributed by atoms with van der Waals surface area (Å²) >= 11 is 18.6. The summed E-state index contributed by atoms with van der Waals surface area (Å²) < 4.78 is 31.4. The number of pyridine rings is 1. The van der Waals surface area contributed by atoms with Crippen LogP contribution in [0.2, 0.25) is 15.1 Å². The molecule has 0 saturated heterocycles. The van der Waals surface area contributed by atoms with Gasteiger partial charge in [-0.1, -0.05) is 34.8 Å². The van der Waals surface area contributed by atoms with Gasteiger partial charge in [0.05, 0.1) is 10.0 Å². The molecule has 1 N–H and O–H groups in total. The fraction of sp³-hybridized carbons (Fsp3) is 0. The lowest BCUT2D eigenvalue weighted by Crippen LogP contribution is -2.14. The predicted molar refractivity (Wildman–Crippen MR) is 95.4 cm³/mol. The molecule has 0 amide bonds. The van der Waals surface area contributed by atoms with Crippen LogP contribution >= 0.6 is 46.3 Å². The Kier molecular flexibility index (Phi) is 4.93. The smallest absolute Gasteiger partial charge is 0.264 e. The molecule has 124 valence electrons. The Morgan fingerprint density at radius 3 is 2.46 bits per heavy atom. The first-order chi connectivity index (χ1) is 11.4. The summed E-state index contributed by atoms with van der Waals surface area (Å²) in [7, 11) is -4.04. The van der Waals surface area contributed by atoms with Crippen molar-refractivity contribution in [2.75, 3.05) is 4.72 Å². The zero-order valence-corrected chi connectivity index (χ0v) is 15.5. The maximum absolute atomic E-state index is 12.5. The third-order valence-corrected chi connectivity index (χ3v) is 6.04. The number of aromatic nitrogens is 3. The van der Waals surface area contributed by atoms with E-state index in [1.807, 2.05) is 0 Å². The summed E-state index contributed by atoms with van der Waals surface area (Å²) in [5.41, 5.74) is 0.668. The topological polar surface area (TPSA) is 84.8 Å². The normalized spacial score (nSPS) is 11.5. The van der Waals surface area contributed by atoms with Crippen LogP contribution in [0.1, 0.15) is 0 Å². The van der Waals surface area contributed by atoms with E-state index < -0.39 is 10.0 Å². The minimum Gasteiger partial charge on any atom is -0.264 e. The highest BCUT2D eigenvalue weighted by Crippen LogP contribution is 2.34. The standard InChI is InChI=1S/C13H7Cl3N4O2S2/c14-8-4-9(15)11(10(16)5-8)24(21,22)20-13-18-12(19-23-13)7-2-1-3-17-6-7/h1-6H,(H,18,19,20). The van der Waals surface area contributed by atoms with Crippen LogP contribution in [-0.4, -0.2) is 22.8 Å². The van der Waals surface area contributed by atoms with Crippen LogP contribution in [0, 0.1) is 0 Å². The molecule has 0 unspecified atom stereocenters. The number of nitrogens with zero attached hydrogens (tertiary/aromatic N) is 3. The number of hydrogen-bond donors (Lipinski definition) is 1. The molecular formula is C13H7Cl3N4O2S2. The Morgan fingerprint density at radius 1 is 1.12 bits per heavy atom. The van der Waals surface area contributed by atoms with Gasteiger partial charge in [0, 0.05) is 34.5 Å². The lowest BCUT2D eigenvalue weighted by atomic mass is 10.3. The largest absolute Gasteiger partial charge is 0.266 e. The van der Waals surface area contributed by atoms with Gasteiger partial charge in [0.1, 0.15) is 4.90 Å². The Morgan fingerprint density at radius 2 is 1.83 bits per heavy atom. The Hall–Kier alpha value is -1.45. The molecule has 0 aliphatic heterocycles. The van der Waals surface area contributed by atoms with Crippen LogP contribution < -0.4 is 4.72 Å². The predicted octanol–water partition coefficient (Wildman–Crippen LogP) is 4.36. The van der Waals surface area contributed by atoms with Crippen molar-refractivity contribution in [2.24, 2.45) is 0 Å². The summed E-state index contributed by atoms with van der Waals surface area (Å²) in [6.07, 6.45) is 3.19. The van der Waals surface area contributed by atoms with Gasteiger partial charge >= 0.3 is 0 Å². The van der Waals surface area contributed by atoms with Crippen molar-refractivity contribution in [1.82, 2.24) is 14.3 Å². The van der Waals surface area contributed by atoms with E-state index in [2.05, 4.69) is 19.1 Å². The van der Waals surface area contributed by atoms with Gasteiger partial charge in [-0.05, 0) is 24.3 Å². The van der Waals surface area contributed by atoms with Crippen molar-refractivity contribution in [2.45, 2.75) is 4.90 Å². The number of hydrogen-bond acceptors (Lipinski definition) is 6. The molecular weight excluding hydrogens is 415 g/mol. The molecule has 0 aliphatic rings. The average Bonchev–Trinajstić information content (AvgIpc) is 2.94. The van der Waals surface area contributed by atoms with E-state index in [4.69, 9.17) is 34.8 Å². The molecule has 0 atom stereocenters. The number of sulfonamides is 1. The minimum absolute atomic E-state index is 0.0796. The van der Waals surface area contributed by atoms with Gasteiger partial charge in [0.15, 0.2) is 5.82 Å². The van der Waals surface area contributed by atoms with E-state index in [0.29, 0.717) is 11.4 Å². The van der Waals surface area contributed by atoms with Gasteiger partial charge in [0.2, 0.25) is 5.13 Å². The molecule has 6 nitrogen and oxygen atoms in total. The number of halogens is 3. The lowest BCUT2D eigenvalue weighted by molar-refractivity contribution is 0.601. The van der Waals surface area contributed by atoms with E-state index in [-0.39, 0.29) is 25.1 Å². The summed E-state index contributed by atoms with van der Waals surface area (Å²) in [5.74, 6) is 0.360. The number of anilines is 1. The maximum Gasteiger partial charge on any atom is 0.266 e. The molecule has 0 fully saturated rings. The van der Waals surface area contributed by atoms with Crippen molar-refractivity contribution in [3.63, 3.8) is 0 Å². The second kappa shape index (κ2) is 6.81. The third-order valence-electron chi connectivity index (χ3n) is 2.80. The van der Waals surface area contributed by atoms with E-state index in [1.54, 1.807) is 24.5 Å². The highest BCUT2D eigenvalue weighted by Gasteiger charge is 2.24. The van der Waals surface area contributed by atoms with Gasteiger partial charge in [-0.15, -0.1) is 0 Å². The van der Waals surface area contributed by atoms with Crippen molar-refractivity contribution < 1.29 is 8.42 Å². The van der Waals surface area contributed by atoms with Crippen LogP contribution in [-0.2, 0) is 10.0 Å². The third kappa shape index (κ3) is 3.62. The first kappa shape index (κ1) is 17.4. The molecule has 3 rings (SSSR count). The highest BCUT2D eigenvalue weighted by molar-refractivity contribution is 7.93. The molecule has 0 spiro atoms. The first-order valence-corrected chi connectivity index (χ1v) is 9.67. The molecule has 2 aromatic heterocycles. The van der Waals surface area contributed by atoms with Gasteiger partial charge < -0.3 is 0 Å². The molecule has 2 heterocycles. The second-order valence-electron chi connectivity index (χ2n) is 4.47. The summed E-state index contributed by atoms with van der Waals surface area (Å²) in [4.78, 5) is 7.83. The lowest BCUT2D eigenvalue weighted by Gasteiger charge is -2.09. The highest BCUT2D eigenvalue weighted by atomic mass is 35.5. The van der Waals surface area contributed by atoms with Crippen molar-refractivity contribution >= 4 is 61.5 Å². The van der Waals surface area contributed by atoms with Crippen molar-refractivity contribution in [1.29, 1.82) is 0 Å². The fourth-order valence-corrected chi connectivity index (χ4v) is 5.19.